The van der Waals surface area contributed by atoms with Gasteiger partial charge in [0.05, 0.1) is 0 Å². The molecule has 0 radical (unpaired) electrons. The molecule has 9 heteroatoms. The molecular weight excluding hydrogens is 366 g/mol. The van der Waals surface area contributed by atoms with Gasteiger partial charge < -0.3 is 15.1 Å². The zero-order chi connectivity index (χ0) is 18.6. The third kappa shape index (κ3) is 3.98. The Morgan fingerprint density at radius 2 is 2.11 bits per heavy atom. The minimum Gasteiger partial charge on any atom is -0.421 e. The van der Waals surface area contributed by atoms with Gasteiger partial charge in [-0.1, -0.05) is 0 Å². The summed E-state index contributed by atoms with van der Waals surface area (Å²) in [5.74, 6) is 0.756. The molecule has 2 aromatic heterocycles. The summed E-state index contributed by atoms with van der Waals surface area (Å²) in [6.07, 6.45) is 0.608. The summed E-state index contributed by atoms with van der Waals surface area (Å²) < 4.78 is 5.57. The number of nitrogens with one attached hydrogen (secondary N) is 2. The van der Waals surface area contributed by atoms with Crippen molar-refractivity contribution >= 4 is 34.6 Å². The van der Waals surface area contributed by atoms with Gasteiger partial charge >= 0.3 is 6.03 Å². The van der Waals surface area contributed by atoms with Gasteiger partial charge in [0.2, 0.25) is 17.7 Å². The van der Waals surface area contributed by atoms with E-state index in [0.29, 0.717) is 37.0 Å². The second-order valence-corrected chi connectivity index (χ2v) is 6.77. The minimum atomic E-state index is -0.142. The van der Waals surface area contributed by atoms with E-state index in [4.69, 9.17) is 4.42 Å². The van der Waals surface area contributed by atoms with E-state index < -0.39 is 0 Å². The van der Waals surface area contributed by atoms with Crippen LogP contribution < -0.4 is 15.5 Å². The molecule has 3 aromatic rings. The summed E-state index contributed by atoms with van der Waals surface area (Å²) in [7, 11) is 0. The maximum Gasteiger partial charge on any atom is 0.321 e. The minimum absolute atomic E-state index is 0.104. The highest BCUT2D eigenvalue weighted by Gasteiger charge is 2.20. The molecular formula is C18H17N5O3S. The van der Waals surface area contributed by atoms with Crippen LogP contribution in [0.25, 0.3) is 11.5 Å². The number of aryl methyl sites for hydroxylation is 1. The largest absolute Gasteiger partial charge is 0.421 e. The molecule has 1 aromatic carbocycles. The van der Waals surface area contributed by atoms with E-state index in [-0.39, 0.29) is 18.4 Å². The Morgan fingerprint density at radius 3 is 2.81 bits per heavy atom. The van der Waals surface area contributed by atoms with E-state index in [2.05, 4.69) is 20.8 Å². The zero-order valence-corrected chi connectivity index (χ0v) is 15.2. The van der Waals surface area contributed by atoms with E-state index in [9.17, 15) is 9.59 Å². The molecule has 3 amide bonds. The monoisotopic (exact) mass is 383 g/mol. The first-order valence-electron chi connectivity index (χ1n) is 8.49. The maximum absolute atomic E-state index is 12.1. The Hall–Kier alpha value is -3.20. The number of benzene rings is 1. The van der Waals surface area contributed by atoms with Crippen LogP contribution in [0, 0.1) is 0 Å². The summed E-state index contributed by atoms with van der Waals surface area (Å²) in [6.45, 7) is 1.28. The SMILES string of the molecule is O=C(CCc1nnc(-c2ccsc2)o1)Nc1ccc(N2CCNC2=O)cc1. The second kappa shape index (κ2) is 7.58. The Kier molecular flexibility index (Phi) is 4.84. The smallest absolute Gasteiger partial charge is 0.321 e. The number of hydrogen-bond donors (Lipinski definition) is 2. The van der Waals surface area contributed by atoms with Gasteiger partial charge in [-0.05, 0) is 35.7 Å². The van der Waals surface area contributed by atoms with Crippen LogP contribution in [0.1, 0.15) is 12.3 Å². The van der Waals surface area contributed by atoms with Crippen molar-refractivity contribution in [3.8, 4) is 11.5 Å². The molecule has 1 saturated heterocycles. The molecule has 3 heterocycles. The molecule has 27 heavy (non-hydrogen) atoms. The standard InChI is InChI=1S/C18H17N5O3S/c24-15(5-6-16-21-22-17(26-16)12-7-10-27-11-12)20-13-1-3-14(4-2-13)23-9-8-19-18(23)25/h1-4,7,10-11H,5-6,8-9H2,(H,19,25)(H,20,24). The molecule has 0 atom stereocenters. The first-order valence-corrected chi connectivity index (χ1v) is 9.43. The molecule has 1 aliphatic heterocycles. The predicted octanol–water partition coefficient (Wildman–Crippen LogP) is 2.90. The summed E-state index contributed by atoms with van der Waals surface area (Å²) in [5.41, 5.74) is 2.36. The van der Waals surface area contributed by atoms with Gasteiger partial charge in [0.25, 0.3) is 0 Å². The third-order valence-corrected chi connectivity index (χ3v) is 4.80. The topological polar surface area (TPSA) is 100 Å². The van der Waals surface area contributed by atoms with Crippen LogP contribution in [0.2, 0.25) is 0 Å². The molecule has 2 N–H and O–H groups in total. The van der Waals surface area contributed by atoms with Crippen molar-refractivity contribution in [3.63, 3.8) is 0 Å². The average molecular weight is 383 g/mol. The maximum atomic E-state index is 12.1. The molecule has 138 valence electrons. The summed E-state index contributed by atoms with van der Waals surface area (Å²) in [4.78, 5) is 25.5. The van der Waals surface area contributed by atoms with Gasteiger partial charge in [-0.15, -0.1) is 10.2 Å². The molecule has 0 aliphatic carbocycles. The highest BCUT2D eigenvalue weighted by Crippen LogP contribution is 2.21. The average Bonchev–Trinajstić information content (AvgIpc) is 3.42. The lowest BCUT2D eigenvalue weighted by Crippen LogP contribution is -2.27. The molecule has 1 aliphatic rings. The lowest BCUT2D eigenvalue weighted by molar-refractivity contribution is -0.116. The number of carbonyl (C=O) groups is 2. The number of nitrogens with zero attached hydrogens (tertiary/aromatic N) is 3. The van der Waals surface area contributed by atoms with Crippen molar-refractivity contribution in [2.24, 2.45) is 0 Å². The van der Waals surface area contributed by atoms with E-state index in [0.717, 1.165) is 11.3 Å². The van der Waals surface area contributed by atoms with Crippen molar-refractivity contribution in [3.05, 3.63) is 47.0 Å². The first-order chi connectivity index (χ1) is 13.2. The zero-order valence-electron chi connectivity index (χ0n) is 14.3. The fourth-order valence-corrected chi connectivity index (χ4v) is 3.37. The highest BCUT2D eigenvalue weighted by atomic mass is 32.1. The molecule has 0 saturated carbocycles. The van der Waals surface area contributed by atoms with Gasteiger partial charge in [0.1, 0.15) is 0 Å². The summed E-state index contributed by atoms with van der Waals surface area (Å²) >= 11 is 1.56. The van der Waals surface area contributed by atoms with Crippen LogP contribution in [0.4, 0.5) is 16.2 Å². The summed E-state index contributed by atoms with van der Waals surface area (Å²) in [6, 6.07) is 8.98. The van der Waals surface area contributed by atoms with Crippen molar-refractivity contribution in [2.75, 3.05) is 23.3 Å². The Balaban J connectivity index is 1.30. The van der Waals surface area contributed by atoms with E-state index in [1.807, 2.05) is 29.0 Å². The van der Waals surface area contributed by atoms with Gasteiger partial charge in [-0.25, -0.2) is 4.79 Å². The predicted molar refractivity (Wildman–Crippen MR) is 102 cm³/mol. The molecule has 4 rings (SSSR count). The molecule has 0 unspecified atom stereocenters. The third-order valence-electron chi connectivity index (χ3n) is 4.12. The van der Waals surface area contributed by atoms with Crippen LogP contribution in [0.15, 0.2) is 45.5 Å². The van der Waals surface area contributed by atoms with E-state index >= 15 is 0 Å². The lowest BCUT2D eigenvalue weighted by atomic mass is 10.2. The normalized spacial score (nSPS) is 13.6. The van der Waals surface area contributed by atoms with Gasteiger partial charge in [0.15, 0.2) is 0 Å². The number of carbonyl (C=O) groups excluding carboxylic acids is 2. The molecule has 8 nitrogen and oxygen atoms in total. The van der Waals surface area contributed by atoms with Crippen molar-refractivity contribution in [2.45, 2.75) is 12.8 Å². The van der Waals surface area contributed by atoms with Crippen molar-refractivity contribution in [1.82, 2.24) is 15.5 Å². The van der Waals surface area contributed by atoms with Crippen LogP contribution in [0.3, 0.4) is 0 Å². The van der Waals surface area contributed by atoms with Crippen LogP contribution in [0.5, 0.6) is 0 Å². The van der Waals surface area contributed by atoms with E-state index in [1.165, 1.54) is 0 Å². The second-order valence-electron chi connectivity index (χ2n) is 5.99. The van der Waals surface area contributed by atoms with Crippen LogP contribution in [-0.4, -0.2) is 35.2 Å². The highest BCUT2D eigenvalue weighted by molar-refractivity contribution is 7.08. The first kappa shape index (κ1) is 17.2. The van der Waals surface area contributed by atoms with Crippen molar-refractivity contribution in [1.29, 1.82) is 0 Å². The fraction of sp³-hybridized carbons (Fsp3) is 0.222. The Bertz CT molecular complexity index is 936. The Morgan fingerprint density at radius 1 is 1.26 bits per heavy atom. The van der Waals surface area contributed by atoms with Crippen LogP contribution >= 0.6 is 11.3 Å². The fourth-order valence-electron chi connectivity index (χ4n) is 2.74. The van der Waals surface area contributed by atoms with E-state index in [1.54, 1.807) is 28.4 Å². The van der Waals surface area contributed by atoms with Gasteiger partial charge in [-0.2, -0.15) is 11.3 Å². The quantitative estimate of drug-likeness (QED) is 0.682. The molecule has 0 bridgehead atoms. The number of hydrogen-bond acceptors (Lipinski definition) is 6. The number of rotatable bonds is 6. The van der Waals surface area contributed by atoms with Gasteiger partial charge in [-0.3, -0.25) is 9.69 Å². The molecule has 0 spiro atoms. The number of thiophene rings is 1. The van der Waals surface area contributed by atoms with Crippen LogP contribution in [-0.2, 0) is 11.2 Å². The van der Waals surface area contributed by atoms with Gasteiger partial charge in [0, 0.05) is 48.2 Å². The van der Waals surface area contributed by atoms with Crippen molar-refractivity contribution < 1.29 is 14.0 Å². The number of urea groups is 1. The Labute approximate surface area is 159 Å². The molecule has 1 fully saturated rings. The number of anilines is 2. The number of aromatic nitrogens is 2. The lowest BCUT2D eigenvalue weighted by Gasteiger charge is -2.14. The summed E-state index contributed by atoms with van der Waals surface area (Å²) in [5, 5.41) is 17.4. The number of amides is 3.